The molecule has 0 amide bonds. The fourth-order valence-electron chi connectivity index (χ4n) is 3.64. The maximum atomic E-state index is 12.7. The van der Waals surface area contributed by atoms with Crippen molar-refractivity contribution in [3.8, 4) is 0 Å². The number of thioether (sulfide) groups is 1. The third-order valence-electron chi connectivity index (χ3n) is 4.61. The summed E-state index contributed by atoms with van der Waals surface area (Å²) in [5, 5.41) is 3.70. The first-order valence-corrected chi connectivity index (χ1v) is 8.60. The lowest BCUT2D eigenvalue weighted by Gasteiger charge is -2.47. The molecule has 0 radical (unpaired) electrons. The van der Waals surface area contributed by atoms with E-state index in [1.807, 2.05) is 24.3 Å². The van der Waals surface area contributed by atoms with E-state index in [2.05, 4.69) is 10.2 Å². The average molecular weight is 312 g/mol. The van der Waals surface area contributed by atoms with E-state index >= 15 is 0 Å². The standard InChI is InChI=1S/C16H22F2N2S/c17-15(18)21-14-7-3-2-6-13(14)20-11-10-19-16(12-20)8-4-1-5-9-16/h2-3,6-7,15,19H,1,4-5,8-12H2. The second-order valence-electron chi connectivity index (χ2n) is 6.04. The zero-order valence-electron chi connectivity index (χ0n) is 12.2. The second-order valence-corrected chi connectivity index (χ2v) is 7.07. The number of para-hydroxylation sites is 1. The number of piperazine rings is 1. The molecular weight excluding hydrogens is 290 g/mol. The van der Waals surface area contributed by atoms with E-state index in [9.17, 15) is 8.78 Å². The summed E-state index contributed by atoms with van der Waals surface area (Å²) >= 11 is 0.658. The Bertz CT molecular complexity index is 470. The maximum Gasteiger partial charge on any atom is 0.288 e. The first-order chi connectivity index (χ1) is 10.2. The van der Waals surface area contributed by atoms with Crippen LogP contribution in [0.5, 0.6) is 0 Å². The van der Waals surface area contributed by atoms with Gasteiger partial charge in [-0.05, 0) is 25.0 Å². The fraction of sp³-hybridized carbons (Fsp3) is 0.625. The Morgan fingerprint density at radius 1 is 1.14 bits per heavy atom. The molecule has 2 aliphatic rings. The predicted molar refractivity (Wildman–Crippen MR) is 84.3 cm³/mol. The van der Waals surface area contributed by atoms with Crippen LogP contribution in [0.3, 0.4) is 0 Å². The Labute approximate surface area is 129 Å². The summed E-state index contributed by atoms with van der Waals surface area (Å²) in [7, 11) is 0. The lowest BCUT2D eigenvalue weighted by Crippen LogP contribution is -2.61. The van der Waals surface area contributed by atoms with E-state index < -0.39 is 5.76 Å². The number of halogens is 2. The topological polar surface area (TPSA) is 15.3 Å². The van der Waals surface area contributed by atoms with Gasteiger partial charge < -0.3 is 10.2 Å². The highest BCUT2D eigenvalue weighted by Gasteiger charge is 2.36. The van der Waals surface area contributed by atoms with Gasteiger partial charge >= 0.3 is 0 Å². The number of anilines is 1. The third-order valence-corrected chi connectivity index (χ3v) is 5.39. The third kappa shape index (κ3) is 3.51. The smallest absolute Gasteiger partial charge is 0.288 e. The van der Waals surface area contributed by atoms with E-state index in [-0.39, 0.29) is 5.54 Å². The van der Waals surface area contributed by atoms with Gasteiger partial charge in [-0.1, -0.05) is 43.2 Å². The molecule has 2 nitrogen and oxygen atoms in total. The zero-order chi connectivity index (χ0) is 14.7. The summed E-state index contributed by atoms with van der Waals surface area (Å²) in [5.41, 5.74) is 1.16. The van der Waals surface area contributed by atoms with Crippen molar-refractivity contribution in [1.29, 1.82) is 0 Å². The van der Waals surface area contributed by atoms with Crippen molar-refractivity contribution in [1.82, 2.24) is 5.32 Å². The molecule has 1 heterocycles. The van der Waals surface area contributed by atoms with Crippen molar-refractivity contribution >= 4 is 17.4 Å². The fourth-order valence-corrected chi connectivity index (χ4v) is 4.31. The summed E-state index contributed by atoms with van der Waals surface area (Å²) in [6.45, 7) is 2.77. The highest BCUT2D eigenvalue weighted by molar-refractivity contribution is 7.99. The van der Waals surface area contributed by atoms with E-state index in [4.69, 9.17) is 0 Å². The Morgan fingerprint density at radius 3 is 2.67 bits per heavy atom. The van der Waals surface area contributed by atoms with Gasteiger partial charge in [0.1, 0.15) is 0 Å². The molecule has 5 heteroatoms. The second kappa shape index (κ2) is 6.53. The van der Waals surface area contributed by atoms with Gasteiger partial charge in [-0.2, -0.15) is 8.78 Å². The first kappa shape index (κ1) is 15.1. The van der Waals surface area contributed by atoms with Gasteiger partial charge in [0.2, 0.25) is 0 Å². The Morgan fingerprint density at radius 2 is 1.90 bits per heavy atom. The first-order valence-electron chi connectivity index (χ1n) is 7.72. The number of nitrogens with zero attached hydrogens (tertiary/aromatic N) is 1. The predicted octanol–water partition coefficient (Wildman–Crippen LogP) is 4.11. The van der Waals surface area contributed by atoms with E-state index in [0.29, 0.717) is 16.7 Å². The lowest BCUT2D eigenvalue weighted by molar-refractivity contribution is 0.216. The van der Waals surface area contributed by atoms with E-state index in [1.165, 1.54) is 32.1 Å². The summed E-state index contributed by atoms with van der Waals surface area (Å²) in [4.78, 5) is 2.99. The Hall–Kier alpha value is -0.810. The highest BCUT2D eigenvalue weighted by Crippen LogP contribution is 2.37. The summed E-state index contributed by atoms with van der Waals surface area (Å²) in [5.74, 6) is -2.36. The molecule has 1 N–H and O–H groups in total. The number of hydrogen-bond donors (Lipinski definition) is 1. The summed E-state index contributed by atoms with van der Waals surface area (Å²) < 4.78 is 25.5. The van der Waals surface area contributed by atoms with E-state index in [0.717, 1.165) is 25.3 Å². The average Bonchev–Trinajstić information content (AvgIpc) is 2.48. The normalized spacial score (nSPS) is 22.0. The van der Waals surface area contributed by atoms with Crippen LogP contribution >= 0.6 is 11.8 Å². The molecular formula is C16H22F2N2S. The van der Waals surface area contributed by atoms with Gasteiger partial charge in [-0.25, -0.2) is 0 Å². The van der Waals surface area contributed by atoms with Crippen LogP contribution in [0.25, 0.3) is 0 Å². The van der Waals surface area contributed by atoms with Crippen molar-refractivity contribution in [3.63, 3.8) is 0 Å². The van der Waals surface area contributed by atoms with Gasteiger partial charge in [0.05, 0.1) is 5.69 Å². The van der Waals surface area contributed by atoms with Crippen LogP contribution in [0, 0.1) is 0 Å². The zero-order valence-corrected chi connectivity index (χ0v) is 13.0. The van der Waals surface area contributed by atoms with Crippen LogP contribution in [0.15, 0.2) is 29.2 Å². The van der Waals surface area contributed by atoms with Crippen LogP contribution in [0.2, 0.25) is 0 Å². The van der Waals surface area contributed by atoms with Crippen LogP contribution in [-0.2, 0) is 0 Å². The molecule has 1 aromatic carbocycles. The molecule has 0 unspecified atom stereocenters. The minimum atomic E-state index is -2.36. The molecule has 2 fully saturated rings. The van der Waals surface area contributed by atoms with Crippen molar-refractivity contribution in [2.75, 3.05) is 24.5 Å². The van der Waals surface area contributed by atoms with Crippen LogP contribution in [-0.4, -0.2) is 30.9 Å². The highest BCUT2D eigenvalue weighted by atomic mass is 32.2. The number of hydrogen-bond acceptors (Lipinski definition) is 3. The number of alkyl halides is 2. The van der Waals surface area contributed by atoms with Crippen molar-refractivity contribution < 1.29 is 8.78 Å². The summed E-state index contributed by atoms with van der Waals surface area (Å²) in [6.07, 6.45) is 6.27. The lowest BCUT2D eigenvalue weighted by atomic mass is 9.80. The Kier molecular flexibility index (Phi) is 4.69. The molecule has 0 aromatic heterocycles. The molecule has 0 atom stereocenters. The van der Waals surface area contributed by atoms with Gasteiger partial charge in [0.25, 0.3) is 5.76 Å². The Balaban J connectivity index is 1.80. The minimum absolute atomic E-state index is 0.194. The monoisotopic (exact) mass is 312 g/mol. The summed E-state index contributed by atoms with van der Waals surface area (Å²) in [6, 6.07) is 7.57. The number of nitrogens with one attached hydrogen (secondary N) is 1. The molecule has 1 spiro atoms. The van der Waals surface area contributed by atoms with Gasteiger partial charge in [-0.15, -0.1) is 0 Å². The molecule has 1 saturated heterocycles. The molecule has 1 aromatic rings. The molecule has 0 bridgehead atoms. The molecule has 1 saturated carbocycles. The van der Waals surface area contributed by atoms with Gasteiger partial charge in [0, 0.05) is 30.1 Å². The molecule has 116 valence electrons. The van der Waals surface area contributed by atoms with Crippen LogP contribution in [0.4, 0.5) is 14.5 Å². The molecule has 3 rings (SSSR count). The number of rotatable bonds is 3. The van der Waals surface area contributed by atoms with Crippen molar-refractivity contribution in [2.24, 2.45) is 0 Å². The largest absolute Gasteiger partial charge is 0.368 e. The quantitative estimate of drug-likeness (QED) is 0.846. The van der Waals surface area contributed by atoms with Crippen molar-refractivity contribution in [2.45, 2.75) is 48.3 Å². The molecule has 21 heavy (non-hydrogen) atoms. The van der Waals surface area contributed by atoms with Crippen LogP contribution in [0.1, 0.15) is 32.1 Å². The SMILES string of the molecule is FC(F)Sc1ccccc1N1CCNC2(CCCCC2)C1. The van der Waals surface area contributed by atoms with Gasteiger partial charge in [-0.3, -0.25) is 0 Å². The van der Waals surface area contributed by atoms with E-state index in [1.54, 1.807) is 0 Å². The minimum Gasteiger partial charge on any atom is -0.368 e. The maximum absolute atomic E-state index is 12.7. The molecule has 1 aliphatic carbocycles. The number of benzene rings is 1. The van der Waals surface area contributed by atoms with Crippen LogP contribution < -0.4 is 10.2 Å². The van der Waals surface area contributed by atoms with Gasteiger partial charge in [0.15, 0.2) is 0 Å². The van der Waals surface area contributed by atoms with Crippen molar-refractivity contribution in [3.05, 3.63) is 24.3 Å². The molecule has 1 aliphatic heterocycles.